The van der Waals surface area contributed by atoms with Gasteiger partial charge in [0.05, 0.1) is 0 Å². The van der Waals surface area contributed by atoms with Gasteiger partial charge in [0.2, 0.25) is 0 Å². The summed E-state index contributed by atoms with van der Waals surface area (Å²) < 4.78 is 30.2. The summed E-state index contributed by atoms with van der Waals surface area (Å²) in [6, 6.07) is 2.07. The molecule has 2 fully saturated rings. The van der Waals surface area contributed by atoms with Crippen LogP contribution in [0.3, 0.4) is 0 Å². The van der Waals surface area contributed by atoms with Crippen LogP contribution >= 0.6 is 0 Å². The van der Waals surface area contributed by atoms with Crippen molar-refractivity contribution in [1.82, 2.24) is 0 Å². The highest BCUT2D eigenvalue weighted by molar-refractivity contribution is 5.38. The zero-order chi connectivity index (χ0) is 20.4. The highest BCUT2D eigenvalue weighted by Gasteiger charge is 2.37. The van der Waals surface area contributed by atoms with Crippen molar-refractivity contribution < 1.29 is 8.78 Å². The lowest BCUT2D eigenvalue weighted by Gasteiger charge is -2.42. The number of allylic oxidation sites excluding steroid dienone is 1. The summed E-state index contributed by atoms with van der Waals surface area (Å²) in [5.74, 6) is 2.06. The lowest BCUT2D eigenvalue weighted by molar-refractivity contribution is 0.114. The third-order valence-corrected chi connectivity index (χ3v) is 8.38. The van der Waals surface area contributed by atoms with Crippen molar-refractivity contribution in [2.45, 2.75) is 96.3 Å². The smallest absolute Gasteiger partial charge is 0.162 e. The van der Waals surface area contributed by atoms with Crippen LogP contribution < -0.4 is 0 Å². The maximum absolute atomic E-state index is 15.1. The summed E-state index contributed by atoms with van der Waals surface area (Å²) in [5, 5.41) is 0. The molecule has 4 rings (SSSR count). The van der Waals surface area contributed by atoms with Gasteiger partial charge >= 0.3 is 0 Å². The van der Waals surface area contributed by atoms with Gasteiger partial charge in [-0.25, -0.2) is 8.78 Å². The van der Waals surface area contributed by atoms with Crippen molar-refractivity contribution in [2.75, 3.05) is 0 Å². The van der Waals surface area contributed by atoms with Crippen molar-refractivity contribution >= 4 is 0 Å². The zero-order valence-electron chi connectivity index (χ0n) is 18.2. The van der Waals surface area contributed by atoms with E-state index in [4.69, 9.17) is 0 Å². The molecule has 1 aromatic rings. The molecule has 0 radical (unpaired) electrons. The van der Waals surface area contributed by atoms with Gasteiger partial charge in [-0.05, 0) is 110 Å². The first-order valence-electron chi connectivity index (χ1n) is 12.2. The van der Waals surface area contributed by atoms with Crippen molar-refractivity contribution in [3.05, 3.63) is 47.0 Å². The maximum Gasteiger partial charge on any atom is 0.162 e. The van der Waals surface area contributed by atoms with E-state index in [1.807, 2.05) is 6.08 Å². The Kier molecular flexibility index (Phi) is 6.76. The first-order valence-corrected chi connectivity index (χ1v) is 12.2. The molecule has 0 saturated heterocycles. The van der Waals surface area contributed by atoms with E-state index >= 15 is 8.78 Å². The van der Waals surface area contributed by atoms with Gasteiger partial charge in [0.25, 0.3) is 0 Å². The van der Waals surface area contributed by atoms with Crippen molar-refractivity contribution in [3.63, 3.8) is 0 Å². The van der Waals surface area contributed by atoms with E-state index in [-0.39, 0.29) is 5.92 Å². The van der Waals surface area contributed by atoms with Gasteiger partial charge in [0, 0.05) is 0 Å². The minimum absolute atomic E-state index is 0.217. The topological polar surface area (TPSA) is 0 Å². The van der Waals surface area contributed by atoms with Crippen LogP contribution in [-0.2, 0) is 12.8 Å². The number of aryl methyl sites for hydroxylation is 1. The molecule has 29 heavy (non-hydrogen) atoms. The lowest BCUT2D eigenvalue weighted by Crippen LogP contribution is -2.31. The van der Waals surface area contributed by atoms with E-state index in [9.17, 15) is 0 Å². The van der Waals surface area contributed by atoms with E-state index < -0.39 is 11.6 Å². The third-order valence-electron chi connectivity index (χ3n) is 8.38. The highest BCUT2D eigenvalue weighted by atomic mass is 19.2. The van der Waals surface area contributed by atoms with Crippen LogP contribution in [0.15, 0.2) is 18.7 Å². The Morgan fingerprint density at radius 1 is 0.966 bits per heavy atom. The molecule has 3 aliphatic carbocycles. The quantitative estimate of drug-likeness (QED) is 0.423. The Morgan fingerprint density at radius 2 is 1.76 bits per heavy atom. The Hall–Kier alpha value is -1.18. The van der Waals surface area contributed by atoms with Crippen LogP contribution in [-0.4, -0.2) is 0 Å². The van der Waals surface area contributed by atoms with Crippen LogP contribution in [0, 0.1) is 35.3 Å². The van der Waals surface area contributed by atoms with Crippen LogP contribution in [0.5, 0.6) is 0 Å². The second-order valence-electron chi connectivity index (χ2n) is 10.2. The predicted molar refractivity (Wildman–Crippen MR) is 117 cm³/mol. The summed E-state index contributed by atoms with van der Waals surface area (Å²) in [6.07, 6.45) is 16.7. The number of hydrogen-bond acceptors (Lipinski definition) is 0. The molecule has 5 unspecified atom stereocenters. The van der Waals surface area contributed by atoms with Gasteiger partial charge in [-0.3, -0.25) is 0 Å². The van der Waals surface area contributed by atoms with Gasteiger partial charge in [0.1, 0.15) is 0 Å². The average molecular weight is 401 g/mol. The second-order valence-corrected chi connectivity index (χ2v) is 10.2. The Bertz CT molecular complexity index is 722. The summed E-state index contributed by atoms with van der Waals surface area (Å²) >= 11 is 0. The summed E-state index contributed by atoms with van der Waals surface area (Å²) in [7, 11) is 0. The molecule has 0 aliphatic heterocycles. The van der Waals surface area contributed by atoms with Crippen LogP contribution in [0.1, 0.15) is 100 Å². The van der Waals surface area contributed by atoms with E-state index in [0.717, 1.165) is 68.8 Å². The van der Waals surface area contributed by atoms with Crippen LogP contribution in [0.25, 0.3) is 0 Å². The molecular formula is C27H38F2. The van der Waals surface area contributed by atoms with E-state index in [1.165, 1.54) is 32.1 Å². The van der Waals surface area contributed by atoms with Crippen molar-refractivity contribution in [1.29, 1.82) is 0 Å². The first-order chi connectivity index (χ1) is 14.1. The average Bonchev–Trinajstić information content (AvgIpc) is 2.75. The van der Waals surface area contributed by atoms with Gasteiger partial charge in [-0.15, -0.1) is 6.58 Å². The van der Waals surface area contributed by atoms with Gasteiger partial charge in [-0.2, -0.15) is 0 Å². The van der Waals surface area contributed by atoms with E-state index in [2.05, 4.69) is 19.6 Å². The molecule has 0 heterocycles. The van der Waals surface area contributed by atoms with Crippen LogP contribution in [0.2, 0.25) is 0 Å². The first kappa shape index (κ1) is 21.1. The van der Waals surface area contributed by atoms with Crippen LogP contribution in [0.4, 0.5) is 8.78 Å². The second kappa shape index (κ2) is 9.31. The number of benzene rings is 1. The molecule has 2 saturated carbocycles. The molecule has 160 valence electrons. The number of hydrogen-bond donors (Lipinski definition) is 0. The zero-order valence-corrected chi connectivity index (χ0v) is 18.2. The Morgan fingerprint density at radius 3 is 2.55 bits per heavy atom. The van der Waals surface area contributed by atoms with Gasteiger partial charge < -0.3 is 0 Å². The fourth-order valence-corrected chi connectivity index (χ4v) is 6.77. The minimum atomic E-state index is -0.524. The molecule has 5 atom stereocenters. The highest BCUT2D eigenvalue weighted by Crippen LogP contribution is 2.49. The standard InChI is InChI=1S/C27H38F2/c1-3-5-7-19-8-10-21-16-22(13-12-20(21)14-19)25-17-23-11-9-18(6-4-2)15-24(23)26(28)27(25)29/h3,17-22H,1,4-16H2,2H3. The fraction of sp³-hybridized carbons (Fsp3) is 0.704. The SMILES string of the molecule is C=CCCC1CCC2CC(c3cc4c(c(F)c3F)CC(CCC)CC4)CCC2C1. The van der Waals surface area contributed by atoms with Crippen molar-refractivity contribution in [3.8, 4) is 0 Å². The maximum atomic E-state index is 15.1. The predicted octanol–water partition coefficient (Wildman–Crippen LogP) is 8.14. The molecule has 3 aliphatic rings. The molecule has 1 aromatic carbocycles. The Balaban J connectivity index is 1.46. The Labute approximate surface area is 176 Å². The molecule has 0 spiro atoms. The van der Waals surface area contributed by atoms with E-state index in [0.29, 0.717) is 23.0 Å². The molecular weight excluding hydrogens is 362 g/mol. The minimum Gasteiger partial charge on any atom is -0.203 e. The van der Waals surface area contributed by atoms with Crippen molar-refractivity contribution in [2.24, 2.45) is 23.7 Å². The van der Waals surface area contributed by atoms with Gasteiger partial charge in [-0.1, -0.05) is 38.3 Å². The number of halogens is 2. The summed E-state index contributed by atoms with van der Waals surface area (Å²) in [6.45, 7) is 6.04. The molecule has 0 nitrogen and oxygen atoms in total. The summed E-state index contributed by atoms with van der Waals surface area (Å²) in [4.78, 5) is 0. The molecule has 0 amide bonds. The lowest BCUT2D eigenvalue weighted by atomic mass is 9.63. The summed E-state index contributed by atoms with van der Waals surface area (Å²) in [5.41, 5.74) is 2.48. The van der Waals surface area contributed by atoms with Gasteiger partial charge in [0.15, 0.2) is 11.6 Å². The molecule has 2 heteroatoms. The largest absolute Gasteiger partial charge is 0.203 e. The molecule has 0 N–H and O–H groups in total. The van der Waals surface area contributed by atoms with E-state index in [1.54, 1.807) is 0 Å². The fourth-order valence-electron chi connectivity index (χ4n) is 6.77. The number of fused-ring (bicyclic) bond motifs is 2. The monoisotopic (exact) mass is 400 g/mol. The normalized spacial score (nSPS) is 31.8. The number of rotatable bonds is 6. The third kappa shape index (κ3) is 4.47. The molecule has 0 bridgehead atoms. The molecule has 0 aromatic heterocycles.